The minimum Gasteiger partial charge on any atom is -0.322 e. The zero-order chi connectivity index (χ0) is 16.9. The Morgan fingerprint density at radius 2 is 1.62 bits per heavy atom. The van der Waals surface area contributed by atoms with Gasteiger partial charge in [0, 0.05) is 11.6 Å². The summed E-state index contributed by atoms with van der Waals surface area (Å²) in [5, 5.41) is 11.1. The first-order valence-electron chi connectivity index (χ1n) is 8.57. The summed E-state index contributed by atoms with van der Waals surface area (Å²) in [7, 11) is 0. The predicted octanol–water partition coefficient (Wildman–Crippen LogP) is 0.387. The van der Waals surface area contributed by atoms with Gasteiger partial charge in [0.2, 0.25) is 0 Å². The number of nitro benzene ring substituents is 1. The molecule has 2 aromatic carbocycles. The van der Waals surface area contributed by atoms with E-state index in [1.54, 1.807) is 17.0 Å². The summed E-state index contributed by atoms with van der Waals surface area (Å²) in [5.74, 6) is 0. The average Bonchev–Trinajstić information content (AvgIpc) is 2.57. The molecular formula is C19H25N3O2+2. The third-order valence-electron chi connectivity index (χ3n) is 4.83. The Balaban J connectivity index is 1.55. The highest BCUT2D eigenvalue weighted by Crippen LogP contribution is 2.16. The average molecular weight is 327 g/mol. The highest BCUT2D eigenvalue weighted by Gasteiger charge is 2.25. The molecule has 24 heavy (non-hydrogen) atoms. The maximum atomic E-state index is 11.1. The second-order valence-corrected chi connectivity index (χ2v) is 6.73. The van der Waals surface area contributed by atoms with Crippen LogP contribution in [0.4, 0.5) is 5.69 Å². The molecule has 2 N–H and O–H groups in total. The molecule has 1 fully saturated rings. The maximum Gasteiger partial charge on any atom is 0.278 e. The SMILES string of the molecule is Cc1cccc(C[NH+]2CC[NH+](Cc3ccccc3[N+](=O)[O-])CC2)c1. The van der Waals surface area contributed by atoms with E-state index in [4.69, 9.17) is 0 Å². The quantitative estimate of drug-likeness (QED) is 0.616. The highest BCUT2D eigenvalue weighted by molar-refractivity contribution is 5.39. The van der Waals surface area contributed by atoms with E-state index in [0.29, 0.717) is 0 Å². The standard InChI is InChI=1S/C19H23N3O2/c1-16-5-4-6-17(13-16)14-20-9-11-21(12-10-20)15-18-7-2-3-8-19(18)22(23)24/h2-8,13H,9-12,14-15H2,1H3/p+2. The number of nitrogens with one attached hydrogen (secondary N) is 2. The van der Waals surface area contributed by atoms with Gasteiger partial charge in [-0.2, -0.15) is 0 Å². The summed E-state index contributed by atoms with van der Waals surface area (Å²) in [6.07, 6.45) is 0. The van der Waals surface area contributed by atoms with E-state index in [-0.39, 0.29) is 10.6 Å². The van der Waals surface area contributed by atoms with Crippen LogP contribution in [-0.2, 0) is 13.1 Å². The number of quaternary nitrogens is 2. The molecule has 5 heteroatoms. The molecule has 0 aliphatic carbocycles. The van der Waals surface area contributed by atoms with Crippen LogP contribution in [0.15, 0.2) is 48.5 Å². The van der Waals surface area contributed by atoms with Crippen LogP contribution < -0.4 is 9.80 Å². The van der Waals surface area contributed by atoms with Gasteiger partial charge < -0.3 is 9.80 Å². The zero-order valence-electron chi connectivity index (χ0n) is 14.1. The van der Waals surface area contributed by atoms with Gasteiger partial charge in [0.15, 0.2) is 0 Å². The lowest BCUT2D eigenvalue weighted by molar-refractivity contribution is -1.02. The minimum atomic E-state index is -0.270. The molecule has 0 atom stereocenters. The first-order valence-corrected chi connectivity index (χ1v) is 8.57. The van der Waals surface area contributed by atoms with Crippen LogP contribution in [0.5, 0.6) is 0 Å². The van der Waals surface area contributed by atoms with Crippen molar-refractivity contribution in [1.82, 2.24) is 0 Å². The summed E-state index contributed by atoms with van der Waals surface area (Å²) in [4.78, 5) is 13.9. The second kappa shape index (κ2) is 7.55. The third-order valence-corrected chi connectivity index (χ3v) is 4.83. The first kappa shape index (κ1) is 16.6. The maximum absolute atomic E-state index is 11.1. The fraction of sp³-hybridized carbons (Fsp3) is 0.368. The van der Waals surface area contributed by atoms with Crippen LogP contribution in [-0.4, -0.2) is 31.1 Å². The molecular weight excluding hydrogens is 302 g/mol. The number of aryl methyl sites for hydroxylation is 1. The number of nitrogens with zero attached hydrogens (tertiary/aromatic N) is 1. The number of rotatable bonds is 5. The molecule has 3 rings (SSSR count). The lowest BCUT2D eigenvalue weighted by atomic mass is 10.1. The number of hydrogen-bond donors (Lipinski definition) is 2. The number of piperazine rings is 1. The Morgan fingerprint density at radius 1 is 0.958 bits per heavy atom. The molecule has 0 aromatic heterocycles. The number of nitro groups is 1. The van der Waals surface area contributed by atoms with Gasteiger partial charge >= 0.3 is 0 Å². The van der Waals surface area contributed by atoms with Gasteiger partial charge in [-0.15, -0.1) is 0 Å². The van der Waals surface area contributed by atoms with E-state index < -0.39 is 0 Å². The lowest BCUT2D eigenvalue weighted by Gasteiger charge is -2.29. The fourth-order valence-corrected chi connectivity index (χ4v) is 3.53. The van der Waals surface area contributed by atoms with Gasteiger partial charge in [0.1, 0.15) is 39.3 Å². The molecule has 1 saturated heterocycles. The van der Waals surface area contributed by atoms with Crippen molar-refractivity contribution in [2.45, 2.75) is 20.0 Å². The van der Waals surface area contributed by atoms with Gasteiger partial charge in [-0.3, -0.25) is 10.1 Å². The Hall–Kier alpha value is -2.24. The summed E-state index contributed by atoms with van der Waals surface area (Å²) >= 11 is 0. The van der Waals surface area contributed by atoms with Gasteiger partial charge in [0.05, 0.1) is 10.5 Å². The molecule has 0 bridgehead atoms. The van der Waals surface area contributed by atoms with Crippen molar-refractivity contribution in [3.8, 4) is 0 Å². The molecule has 2 aromatic rings. The molecule has 0 saturated carbocycles. The van der Waals surface area contributed by atoms with Crippen LogP contribution in [0.1, 0.15) is 16.7 Å². The number of hydrogen-bond acceptors (Lipinski definition) is 2. The van der Waals surface area contributed by atoms with E-state index in [1.165, 1.54) is 16.0 Å². The van der Waals surface area contributed by atoms with E-state index in [0.717, 1.165) is 44.8 Å². The van der Waals surface area contributed by atoms with Gasteiger partial charge in [-0.1, -0.05) is 42.0 Å². The predicted molar refractivity (Wildman–Crippen MR) is 93.1 cm³/mol. The number of benzene rings is 2. The van der Waals surface area contributed by atoms with Crippen molar-refractivity contribution in [3.63, 3.8) is 0 Å². The minimum absolute atomic E-state index is 0.250. The van der Waals surface area contributed by atoms with Crippen molar-refractivity contribution in [1.29, 1.82) is 0 Å². The zero-order valence-corrected chi connectivity index (χ0v) is 14.1. The second-order valence-electron chi connectivity index (χ2n) is 6.73. The fourth-order valence-electron chi connectivity index (χ4n) is 3.53. The van der Waals surface area contributed by atoms with Crippen molar-refractivity contribution in [2.75, 3.05) is 26.2 Å². The Bertz CT molecular complexity index is 709. The van der Waals surface area contributed by atoms with Crippen LogP contribution in [0.2, 0.25) is 0 Å². The van der Waals surface area contributed by atoms with Crippen LogP contribution >= 0.6 is 0 Å². The van der Waals surface area contributed by atoms with E-state index in [9.17, 15) is 10.1 Å². The smallest absolute Gasteiger partial charge is 0.278 e. The van der Waals surface area contributed by atoms with Crippen molar-refractivity contribution in [2.24, 2.45) is 0 Å². The van der Waals surface area contributed by atoms with Crippen LogP contribution in [0.25, 0.3) is 0 Å². The molecule has 0 amide bonds. The summed E-state index contributed by atoms with van der Waals surface area (Å²) in [5.41, 5.74) is 3.80. The van der Waals surface area contributed by atoms with E-state index >= 15 is 0 Å². The van der Waals surface area contributed by atoms with Gasteiger partial charge in [0.25, 0.3) is 5.69 Å². The molecule has 5 nitrogen and oxygen atoms in total. The molecule has 1 aliphatic heterocycles. The Kier molecular flexibility index (Phi) is 5.23. The monoisotopic (exact) mass is 327 g/mol. The first-order chi connectivity index (χ1) is 11.6. The van der Waals surface area contributed by atoms with Gasteiger partial charge in [-0.05, 0) is 13.0 Å². The molecule has 1 aliphatic rings. The summed E-state index contributed by atoms with van der Waals surface area (Å²) in [6, 6.07) is 15.8. The molecule has 126 valence electrons. The largest absolute Gasteiger partial charge is 0.322 e. The van der Waals surface area contributed by atoms with Crippen molar-refractivity contribution >= 4 is 5.69 Å². The molecule has 0 spiro atoms. The van der Waals surface area contributed by atoms with Crippen LogP contribution in [0.3, 0.4) is 0 Å². The lowest BCUT2D eigenvalue weighted by Crippen LogP contribution is -3.27. The molecule has 0 unspecified atom stereocenters. The Morgan fingerprint density at radius 3 is 2.29 bits per heavy atom. The number of para-hydroxylation sites is 1. The highest BCUT2D eigenvalue weighted by atomic mass is 16.6. The normalized spacial score (nSPS) is 20.7. The Labute approximate surface area is 142 Å². The van der Waals surface area contributed by atoms with E-state index in [1.807, 2.05) is 12.1 Å². The van der Waals surface area contributed by atoms with E-state index in [2.05, 4.69) is 31.2 Å². The summed E-state index contributed by atoms with van der Waals surface area (Å²) in [6.45, 7) is 8.30. The molecule has 1 heterocycles. The van der Waals surface area contributed by atoms with Crippen molar-refractivity contribution in [3.05, 3.63) is 75.3 Å². The molecule has 0 radical (unpaired) electrons. The van der Waals surface area contributed by atoms with Crippen LogP contribution in [0, 0.1) is 17.0 Å². The van der Waals surface area contributed by atoms with Crippen molar-refractivity contribution < 1.29 is 14.7 Å². The van der Waals surface area contributed by atoms with Gasteiger partial charge in [-0.25, -0.2) is 0 Å². The topological polar surface area (TPSA) is 52.0 Å². The summed E-state index contributed by atoms with van der Waals surface area (Å²) < 4.78 is 0. The third kappa shape index (κ3) is 4.19.